The van der Waals surface area contributed by atoms with Crippen LogP contribution >= 0.6 is 0 Å². The molecule has 10 heteroatoms. The van der Waals surface area contributed by atoms with Crippen molar-refractivity contribution in [1.29, 1.82) is 0 Å². The average Bonchev–Trinajstić information content (AvgIpc) is 2.43. The van der Waals surface area contributed by atoms with Crippen molar-refractivity contribution in [3.63, 3.8) is 0 Å². The number of ether oxygens (including phenoxy) is 5. The van der Waals surface area contributed by atoms with Gasteiger partial charge in [0.25, 0.3) is 0 Å². The van der Waals surface area contributed by atoms with Gasteiger partial charge in [0.05, 0.1) is 7.11 Å². The number of aliphatic hydroxyl groups is 1. The summed E-state index contributed by atoms with van der Waals surface area (Å²) in [7, 11) is 1.06. The van der Waals surface area contributed by atoms with E-state index in [1.807, 2.05) is 0 Å². The molecule has 0 aromatic heterocycles. The molecule has 0 radical (unpaired) electrons. The number of aliphatic hydroxyl groups excluding tert-OH is 1. The molecule has 1 fully saturated rings. The highest BCUT2D eigenvalue weighted by molar-refractivity contribution is 5.77. The molecule has 0 aliphatic carbocycles. The maximum atomic E-state index is 11.8. The molecule has 1 heterocycles. The van der Waals surface area contributed by atoms with E-state index in [0.29, 0.717) is 0 Å². The summed E-state index contributed by atoms with van der Waals surface area (Å²) >= 11 is 0. The number of hydrogen-bond acceptors (Lipinski definition) is 10. The van der Waals surface area contributed by atoms with Crippen LogP contribution in [-0.2, 0) is 42.9 Å². The fraction of sp³-hybridized carbons (Fsp3) is 0.692. The zero-order chi connectivity index (χ0) is 17.7. The van der Waals surface area contributed by atoms with Crippen LogP contribution in [0.4, 0.5) is 0 Å². The van der Waals surface area contributed by atoms with Crippen LogP contribution < -0.4 is 0 Å². The van der Waals surface area contributed by atoms with Crippen LogP contribution in [0.5, 0.6) is 0 Å². The molecule has 23 heavy (non-hydrogen) atoms. The van der Waals surface area contributed by atoms with Gasteiger partial charge in [0.2, 0.25) is 0 Å². The van der Waals surface area contributed by atoms with Crippen LogP contribution in [0.1, 0.15) is 20.8 Å². The standard InChI is InChI=1S/C13H18O10/c1-5(14)20-8-9(21-6(2)15)11(22-7(3)16)13(18)23-10(8)12(17)19-4/h8-11,13,18H,1-4H3/t8-,9+,10?,11?,13?/m1/s1. The van der Waals surface area contributed by atoms with E-state index in [1.165, 1.54) is 0 Å². The van der Waals surface area contributed by atoms with Crippen molar-refractivity contribution in [3.05, 3.63) is 0 Å². The summed E-state index contributed by atoms with van der Waals surface area (Å²) in [6.07, 6.45) is -7.75. The Morgan fingerprint density at radius 3 is 1.70 bits per heavy atom. The number of carbonyl (C=O) groups excluding carboxylic acids is 4. The van der Waals surface area contributed by atoms with Crippen molar-refractivity contribution in [1.82, 2.24) is 0 Å². The van der Waals surface area contributed by atoms with E-state index in [2.05, 4.69) is 4.74 Å². The molecule has 1 N–H and O–H groups in total. The number of esters is 4. The van der Waals surface area contributed by atoms with Gasteiger partial charge in [-0.25, -0.2) is 4.79 Å². The highest BCUT2D eigenvalue weighted by Crippen LogP contribution is 2.28. The topological polar surface area (TPSA) is 135 Å². The fourth-order valence-corrected chi connectivity index (χ4v) is 2.10. The first-order valence-corrected chi connectivity index (χ1v) is 6.60. The van der Waals surface area contributed by atoms with Crippen molar-refractivity contribution in [2.45, 2.75) is 51.5 Å². The normalized spacial score (nSPS) is 30.0. The van der Waals surface area contributed by atoms with Crippen LogP contribution in [0.15, 0.2) is 0 Å². The zero-order valence-corrected chi connectivity index (χ0v) is 13.0. The first-order chi connectivity index (χ1) is 10.7. The summed E-state index contributed by atoms with van der Waals surface area (Å²) in [6, 6.07) is 0. The van der Waals surface area contributed by atoms with Gasteiger partial charge in [-0.2, -0.15) is 0 Å². The van der Waals surface area contributed by atoms with E-state index in [0.717, 1.165) is 27.9 Å². The lowest BCUT2D eigenvalue weighted by Crippen LogP contribution is -2.63. The van der Waals surface area contributed by atoms with Crippen LogP contribution in [-0.4, -0.2) is 66.8 Å². The van der Waals surface area contributed by atoms with E-state index in [1.54, 1.807) is 0 Å². The summed E-state index contributed by atoms with van der Waals surface area (Å²) < 4.78 is 24.3. The van der Waals surface area contributed by atoms with Crippen molar-refractivity contribution in [2.75, 3.05) is 7.11 Å². The Hall–Kier alpha value is -2.20. The van der Waals surface area contributed by atoms with Crippen LogP contribution in [0.2, 0.25) is 0 Å². The molecule has 5 atom stereocenters. The molecule has 0 amide bonds. The van der Waals surface area contributed by atoms with E-state index < -0.39 is 54.6 Å². The Morgan fingerprint density at radius 2 is 1.26 bits per heavy atom. The Morgan fingerprint density at radius 1 is 0.826 bits per heavy atom. The van der Waals surface area contributed by atoms with E-state index in [-0.39, 0.29) is 0 Å². The maximum absolute atomic E-state index is 11.8. The van der Waals surface area contributed by atoms with Gasteiger partial charge in [0, 0.05) is 20.8 Å². The SMILES string of the molecule is COC(=O)C1OC(O)C(OC(C)=O)[C@@H](OC(C)=O)[C@H]1OC(C)=O. The summed E-state index contributed by atoms with van der Waals surface area (Å²) in [5, 5.41) is 9.93. The highest BCUT2D eigenvalue weighted by Gasteiger charge is 2.54. The van der Waals surface area contributed by atoms with Gasteiger partial charge in [-0.05, 0) is 0 Å². The second-order valence-corrected chi connectivity index (χ2v) is 4.69. The number of methoxy groups -OCH3 is 1. The maximum Gasteiger partial charge on any atom is 0.339 e. The van der Waals surface area contributed by atoms with Gasteiger partial charge in [0.1, 0.15) is 0 Å². The van der Waals surface area contributed by atoms with Crippen molar-refractivity contribution in [2.24, 2.45) is 0 Å². The average molecular weight is 334 g/mol. The molecule has 10 nitrogen and oxygen atoms in total. The zero-order valence-electron chi connectivity index (χ0n) is 13.0. The van der Waals surface area contributed by atoms with E-state index in [9.17, 15) is 24.3 Å². The minimum Gasteiger partial charge on any atom is -0.467 e. The fourth-order valence-electron chi connectivity index (χ4n) is 2.10. The first kappa shape index (κ1) is 18.8. The van der Waals surface area contributed by atoms with Crippen molar-refractivity contribution >= 4 is 23.9 Å². The van der Waals surface area contributed by atoms with Gasteiger partial charge in [-0.15, -0.1) is 0 Å². The molecule has 0 aromatic rings. The summed E-state index contributed by atoms with van der Waals surface area (Å²) in [4.78, 5) is 45.5. The smallest absolute Gasteiger partial charge is 0.339 e. The molecule has 3 unspecified atom stereocenters. The third-order valence-corrected chi connectivity index (χ3v) is 2.85. The molecule has 0 aromatic carbocycles. The van der Waals surface area contributed by atoms with Crippen LogP contribution in [0, 0.1) is 0 Å². The lowest BCUT2D eigenvalue weighted by Gasteiger charge is -2.41. The summed E-state index contributed by atoms with van der Waals surface area (Å²) in [5.74, 6) is -3.37. The minimum atomic E-state index is -1.79. The molecule has 1 aliphatic rings. The molecule has 0 spiro atoms. The Bertz CT molecular complexity index is 487. The Balaban J connectivity index is 3.21. The number of rotatable bonds is 4. The quantitative estimate of drug-likeness (QED) is 0.486. The molecule has 130 valence electrons. The third-order valence-electron chi connectivity index (χ3n) is 2.85. The van der Waals surface area contributed by atoms with Gasteiger partial charge in [0.15, 0.2) is 30.7 Å². The predicted molar refractivity (Wildman–Crippen MR) is 69.6 cm³/mol. The third kappa shape index (κ3) is 4.89. The molecular formula is C13H18O10. The Labute approximate surface area is 131 Å². The molecule has 1 saturated heterocycles. The van der Waals surface area contributed by atoms with Crippen molar-refractivity contribution in [3.8, 4) is 0 Å². The van der Waals surface area contributed by atoms with Gasteiger partial charge < -0.3 is 28.8 Å². The van der Waals surface area contributed by atoms with Crippen LogP contribution in [0.25, 0.3) is 0 Å². The molecular weight excluding hydrogens is 316 g/mol. The van der Waals surface area contributed by atoms with Gasteiger partial charge >= 0.3 is 23.9 Å². The second-order valence-electron chi connectivity index (χ2n) is 4.69. The van der Waals surface area contributed by atoms with Crippen LogP contribution in [0.3, 0.4) is 0 Å². The molecule has 1 rings (SSSR count). The van der Waals surface area contributed by atoms with Gasteiger partial charge in [-0.3, -0.25) is 14.4 Å². The van der Waals surface area contributed by atoms with E-state index in [4.69, 9.17) is 18.9 Å². The van der Waals surface area contributed by atoms with E-state index >= 15 is 0 Å². The predicted octanol–water partition coefficient (Wildman–Crippen LogP) is -1.33. The second kappa shape index (κ2) is 7.88. The lowest BCUT2D eigenvalue weighted by molar-refractivity contribution is -0.289. The highest BCUT2D eigenvalue weighted by atomic mass is 16.7. The summed E-state index contributed by atoms with van der Waals surface area (Å²) in [6.45, 7) is 3.18. The first-order valence-electron chi connectivity index (χ1n) is 6.60. The lowest BCUT2D eigenvalue weighted by atomic mass is 9.98. The van der Waals surface area contributed by atoms with Crippen molar-refractivity contribution < 1.29 is 48.0 Å². The van der Waals surface area contributed by atoms with Gasteiger partial charge in [-0.1, -0.05) is 0 Å². The number of carbonyl (C=O) groups is 4. The minimum absolute atomic E-state index is 0.798. The Kier molecular flexibility index (Phi) is 6.46. The molecule has 0 saturated carbocycles. The monoisotopic (exact) mass is 334 g/mol. The summed E-state index contributed by atoms with van der Waals surface area (Å²) in [5.41, 5.74) is 0. The number of hydrogen-bond donors (Lipinski definition) is 1. The molecule has 0 bridgehead atoms. The molecule has 1 aliphatic heterocycles. The largest absolute Gasteiger partial charge is 0.467 e.